The molecule has 0 atom stereocenters. The summed E-state index contributed by atoms with van der Waals surface area (Å²) in [7, 11) is 0. The molecule has 1 heterocycles. The number of hydrogen-bond donors (Lipinski definition) is 3. The third-order valence-corrected chi connectivity index (χ3v) is 4.26. The Morgan fingerprint density at radius 3 is 2.39 bits per heavy atom. The highest BCUT2D eigenvalue weighted by Gasteiger charge is 2.24. The van der Waals surface area contributed by atoms with Crippen molar-refractivity contribution < 1.29 is 9.72 Å². The molecule has 28 heavy (non-hydrogen) atoms. The van der Waals surface area contributed by atoms with Gasteiger partial charge >= 0.3 is 5.69 Å². The van der Waals surface area contributed by atoms with Crippen molar-refractivity contribution in [3.8, 4) is 0 Å². The maximum Gasteiger partial charge on any atom is 0.355 e. The molecule has 0 aliphatic carbocycles. The largest absolute Gasteiger partial charge is 0.355 e. The molecule has 3 N–H and O–H groups in total. The van der Waals surface area contributed by atoms with Gasteiger partial charge in [0.25, 0.3) is 5.91 Å². The Balaban J connectivity index is 1.84. The quantitative estimate of drug-likeness (QED) is 0.405. The molecule has 3 aromatic rings. The van der Waals surface area contributed by atoms with Crippen LogP contribution in [0.3, 0.4) is 0 Å². The van der Waals surface area contributed by atoms with Crippen molar-refractivity contribution in [3.63, 3.8) is 0 Å². The summed E-state index contributed by atoms with van der Waals surface area (Å²) in [6, 6.07) is 13.0. The minimum absolute atomic E-state index is 0.0881. The Hall–Kier alpha value is -3.43. The second kappa shape index (κ2) is 8.51. The first-order chi connectivity index (χ1) is 13.5. The number of carbonyl (C=O) groups is 1. The molecule has 11 heteroatoms. The number of nitrogens with zero attached hydrogens (tertiary/aromatic N) is 3. The Morgan fingerprint density at radius 1 is 1.00 bits per heavy atom. The number of benzene rings is 2. The van der Waals surface area contributed by atoms with Crippen LogP contribution in [0.1, 0.15) is 10.4 Å². The van der Waals surface area contributed by atoms with E-state index in [1.165, 1.54) is 6.07 Å². The monoisotopic (exact) mass is 418 g/mol. The molecule has 0 bridgehead atoms. The summed E-state index contributed by atoms with van der Waals surface area (Å²) in [5.74, 6) is -0.755. The van der Waals surface area contributed by atoms with E-state index in [0.717, 1.165) is 6.33 Å². The van der Waals surface area contributed by atoms with Crippen LogP contribution < -0.4 is 16.2 Å². The SMILES string of the molecule is O=C(NNc1ncnc(Nc2ccc(Cl)c(Cl)c2)c1[N+](=O)[O-])c1ccccc1. The smallest absolute Gasteiger partial charge is 0.334 e. The summed E-state index contributed by atoms with van der Waals surface area (Å²) in [5.41, 5.74) is 5.19. The number of hydrazine groups is 1. The van der Waals surface area contributed by atoms with Gasteiger partial charge in [-0.05, 0) is 30.3 Å². The van der Waals surface area contributed by atoms with Crippen LogP contribution in [0.25, 0.3) is 0 Å². The lowest BCUT2D eigenvalue weighted by Crippen LogP contribution is -2.30. The van der Waals surface area contributed by atoms with E-state index in [-0.39, 0.29) is 16.7 Å². The van der Waals surface area contributed by atoms with Gasteiger partial charge < -0.3 is 5.32 Å². The van der Waals surface area contributed by atoms with Crippen molar-refractivity contribution in [3.05, 3.63) is 80.6 Å². The Bertz CT molecular complexity index is 1030. The summed E-state index contributed by atoms with van der Waals surface area (Å²) in [6.07, 6.45) is 1.11. The zero-order valence-electron chi connectivity index (χ0n) is 14.0. The normalized spacial score (nSPS) is 10.2. The van der Waals surface area contributed by atoms with Crippen molar-refractivity contribution in [1.29, 1.82) is 0 Å². The first-order valence-corrected chi connectivity index (χ1v) is 8.54. The van der Waals surface area contributed by atoms with Gasteiger partial charge in [0.05, 0.1) is 15.0 Å². The van der Waals surface area contributed by atoms with Crippen LogP contribution in [0.4, 0.5) is 23.0 Å². The number of anilines is 3. The highest BCUT2D eigenvalue weighted by atomic mass is 35.5. The van der Waals surface area contributed by atoms with Crippen LogP contribution in [0.2, 0.25) is 10.0 Å². The standard InChI is InChI=1S/C17H12Cl2N6O3/c18-12-7-6-11(8-13(12)19)22-15-14(25(27)28)16(21-9-20-15)23-24-17(26)10-4-2-1-3-5-10/h1-9H,(H,24,26)(H2,20,21,22,23). The van der Waals surface area contributed by atoms with Crippen LogP contribution in [0, 0.1) is 10.1 Å². The van der Waals surface area contributed by atoms with Gasteiger partial charge in [-0.1, -0.05) is 41.4 Å². The summed E-state index contributed by atoms with van der Waals surface area (Å²) >= 11 is 11.8. The third-order valence-electron chi connectivity index (χ3n) is 3.52. The van der Waals surface area contributed by atoms with Gasteiger partial charge in [0.15, 0.2) is 0 Å². The van der Waals surface area contributed by atoms with E-state index < -0.39 is 16.5 Å². The van der Waals surface area contributed by atoms with E-state index in [9.17, 15) is 14.9 Å². The first kappa shape index (κ1) is 19.3. The zero-order chi connectivity index (χ0) is 20.1. The fourth-order valence-corrected chi connectivity index (χ4v) is 2.52. The van der Waals surface area contributed by atoms with Crippen molar-refractivity contribution in [2.24, 2.45) is 0 Å². The van der Waals surface area contributed by atoms with Gasteiger partial charge in [-0.25, -0.2) is 9.97 Å². The van der Waals surface area contributed by atoms with E-state index in [2.05, 4.69) is 26.1 Å². The molecule has 0 fully saturated rings. The van der Waals surface area contributed by atoms with Gasteiger partial charge in [-0.2, -0.15) is 0 Å². The van der Waals surface area contributed by atoms with Crippen molar-refractivity contribution in [2.45, 2.75) is 0 Å². The fourth-order valence-electron chi connectivity index (χ4n) is 2.22. The molecule has 0 spiro atoms. The maximum absolute atomic E-state index is 12.1. The molecule has 3 rings (SSSR count). The molecular weight excluding hydrogens is 407 g/mol. The molecule has 0 saturated heterocycles. The topological polar surface area (TPSA) is 122 Å². The van der Waals surface area contributed by atoms with Gasteiger partial charge in [0.2, 0.25) is 11.6 Å². The minimum atomic E-state index is -0.670. The Labute approximate surface area is 168 Å². The number of nitro groups is 1. The molecular formula is C17H12Cl2N6O3. The Morgan fingerprint density at radius 2 is 1.71 bits per heavy atom. The fraction of sp³-hybridized carbons (Fsp3) is 0. The molecule has 9 nitrogen and oxygen atoms in total. The lowest BCUT2D eigenvalue weighted by molar-refractivity contribution is -0.383. The van der Waals surface area contributed by atoms with E-state index in [1.807, 2.05) is 0 Å². The number of halogens is 2. The number of amides is 1. The summed E-state index contributed by atoms with van der Waals surface area (Å²) in [5, 5.41) is 15.0. The van der Waals surface area contributed by atoms with Gasteiger partial charge in [-0.15, -0.1) is 0 Å². The molecule has 0 aliphatic rings. The average Bonchev–Trinajstić information content (AvgIpc) is 2.69. The van der Waals surface area contributed by atoms with Gasteiger partial charge in [0.1, 0.15) is 6.33 Å². The molecule has 0 radical (unpaired) electrons. The predicted molar refractivity (Wildman–Crippen MR) is 106 cm³/mol. The van der Waals surface area contributed by atoms with Crippen LogP contribution in [0.5, 0.6) is 0 Å². The lowest BCUT2D eigenvalue weighted by Gasteiger charge is -2.11. The van der Waals surface area contributed by atoms with E-state index in [0.29, 0.717) is 16.3 Å². The van der Waals surface area contributed by atoms with E-state index in [4.69, 9.17) is 23.2 Å². The second-order valence-electron chi connectivity index (χ2n) is 5.38. The maximum atomic E-state index is 12.1. The van der Waals surface area contributed by atoms with Crippen LogP contribution in [0.15, 0.2) is 54.9 Å². The Kier molecular flexibility index (Phi) is 5.87. The predicted octanol–water partition coefficient (Wildman–Crippen LogP) is 4.19. The first-order valence-electron chi connectivity index (χ1n) is 7.78. The lowest BCUT2D eigenvalue weighted by atomic mass is 10.2. The molecule has 2 aromatic carbocycles. The number of rotatable bonds is 6. The molecule has 0 unspecified atom stereocenters. The molecule has 0 aliphatic heterocycles. The van der Waals surface area contributed by atoms with Crippen LogP contribution in [-0.2, 0) is 0 Å². The highest BCUT2D eigenvalue weighted by Crippen LogP contribution is 2.32. The molecule has 1 amide bonds. The summed E-state index contributed by atoms with van der Waals surface area (Å²) < 4.78 is 0. The third kappa shape index (κ3) is 4.45. The average molecular weight is 419 g/mol. The minimum Gasteiger partial charge on any atom is -0.334 e. The van der Waals surface area contributed by atoms with Crippen LogP contribution in [-0.4, -0.2) is 20.8 Å². The molecule has 0 saturated carbocycles. The van der Waals surface area contributed by atoms with Crippen molar-refractivity contribution in [2.75, 3.05) is 10.7 Å². The summed E-state index contributed by atoms with van der Waals surface area (Å²) in [6.45, 7) is 0. The van der Waals surface area contributed by atoms with Crippen molar-refractivity contribution >= 4 is 52.1 Å². The van der Waals surface area contributed by atoms with Gasteiger partial charge in [-0.3, -0.25) is 25.8 Å². The number of nitrogens with one attached hydrogen (secondary N) is 3. The highest BCUT2D eigenvalue weighted by molar-refractivity contribution is 6.42. The zero-order valence-corrected chi connectivity index (χ0v) is 15.5. The van der Waals surface area contributed by atoms with Crippen molar-refractivity contribution in [1.82, 2.24) is 15.4 Å². The summed E-state index contributed by atoms with van der Waals surface area (Å²) in [4.78, 5) is 30.7. The number of carbonyl (C=O) groups excluding carboxylic acids is 1. The van der Waals surface area contributed by atoms with E-state index in [1.54, 1.807) is 42.5 Å². The second-order valence-corrected chi connectivity index (χ2v) is 6.19. The van der Waals surface area contributed by atoms with Gasteiger partial charge in [0, 0.05) is 11.3 Å². The van der Waals surface area contributed by atoms with E-state index >= 15 is 0 Å². The number of hydrogen-bond acceptors (Lipinski definition) is 7. The molecule has 1 aromatic heterocycles. The van der Waals surface area contributed by atoms with Crippen LogP contribution >= 0.6 is 23.2 Å². The number of aromatic nitrogens is 2. The molecule has 142 valence electrons.